The molecule has 0 aliphatic carbocycles. The van der Waals surface area contributed by atoms with Crippen LogP contribution in [0.25, 0.3) is 10.4 Å². The number of carbonyl (C=O) groups is 1. The van der Waals surface area contributed by atoms with Crippen LogP contribution in [0.5, 0.6) is 5.75 Å². The minimum Gasteiger partial charge on any atom is -0.508 e. The first-order chi connectivity index (χ1) is 10.6. The largest absolute Gasteiger partial charge is 0.508 e. The van der Waals surface area contributed by atoms with Gasteiger partial charge in [-0.2, -0.15) is 0 Å². The zero-order chi connectivity index (χ0) is 15.7. The van der Waals surface area contributed by atoms with Gasteiger partial charge >= 0.3 is 0 Å². The number of rotatable bonds is 4. The topological polar surface area (TPSA) is 79.5 Å². The second kappa shape index (κ2) is 6.06. The van der Waals surface area contributed by atoms with Crippen molar-refractivity contribution < 1.29 is 9.90 Å². The Balaban J connectivity index is 1.81. The lowest BCUT2D eigenvalue weighted by Gasteiger charge is -2.22. The Kier molecular flexibility index (Phi) is 4.13. The number of aromatic nitrogens is 1. The molecular weight excluding hydrogens is 298 g/mol. The van der Waals surface area contributed by atoms with E-state index in [1.165, 1.54) is 0 Å². The Labute approximate surface area is 133 Å². The maximum absolute atomic E-state index is 11.4. The molecule has 1 atom stereocenters. The summed E-state index contributed by atoms with van der Waals surface area (Å²) in [5, 5.41) is 10.3. The van der Waals surface area contributed by atoms with Gasteiger partial charge in [0.1, 0.15) is 5.75 Å². The molecule has 1 aromatic carbocycles. The van der Waals surface area contributed by atoms with Crippen molar-refractivity contribution >= 4 is 17.2 Å². The van der Waals surface area contributed by atoms with E-state index in [4.69, 9.17) is 5.73 Å². The molecule has 0 radical (unpaired) electrons. The highest BCUT2D eigenvalue weighted by Gasteiger charge is 2.29. The molecule has 1 saturated heterocycles. The first kappa shape index (κ1) is 15.0. The van der Waals surface area contributed by atoms with Crippen molar-refractivity contribution in [2.24, 2.45) is 5.73 Å². The first-order valence-electron chi connectivity index (χ1n) is 7.32. The molecule has 6 heteroatoms. The number of carbonyl (C=O) groups excluding carboxylic acids is 1. The van der Waals surface area contributed by atoms with Crippen molar-refractivity contribution in [1.82, 2.24) is 9.88 Å². The van der Waals surface area contributed by atoms with Gasteiger partial charge in [0, 0.05) is 12.1 Å². The van der Waals surface area contributed by atoms with Crippen molar-refractivity contribution in [3.05, 3.63) is 35.0 Å². The molecule has 1 unspecified atom stereocenters. The van der Waals surface area contributed by atoms with Gasteiger partial charge < -0.3 is 10.8 Å². The Bertz CT molecular complexity index is 698. The quantitative estimate of drug-likeness (QED) is 0.906. The molecule has 1 amide bonds. The zero-order valence-corrected chi connectivity index (χ0v) is 13.3. The number of benzene rings is 1. The molecule has 1 aromatic heterocycles. The van der Waals surface area contributed by atoms with E-state index < -0.39 is 0 Å². The highest BCUT2D eigenvalue weighted by Crippen LogP contribution is 2.32. The Morgan fingerprint density at radius 3 is 3.00 bits per heavy atom. The molecule has 22 heavy (non-hydrogen) atoms. The van der Waals surface area contributed by atoms with Gasteiger partial charge in [-0.15, -0.1) is 11.3 Å². The van der Waals surface area contributed by atoms with E-state index in [9.17, 15) is 9.90 Å². The van der Waals surface area contributed by atoms with Gasteiger partial charge in [-0.3, -0.25) is 9.69 Å². The van der Waals surface area contributed by atoms with Crippen molar-refractivity contribution in [1.29, 1.82) is 0 Å². The van der Waals surface area contributed by atoms with E-state index in [-0.39, 0.29) is 17.7 Å². The highest BCUT2D eigenvalue weighted by atomic mass is 32.1. The summed E-state index contributed by atoms with van der Waals surface area (Å²) in [6, 6.07) is 5.46. The lowest BCUT2D eigenvalue weighted by molar-refractivity contribution is -0.122. The number of phenols is 1. The fraction of sp³-hybridized carbons (Fsp3) is 0.375. The lowest BCUT2D eigenvalue weighted by atomic mass is 10.1. The van der Waals surface area contributed by atoms with E-state index in [0.29, 0.717) is 6.54 Å². The number of aryl methyl sites for hydroxylation is 1. The van der Waals surface area contributed by atoms with E-state index >= 15 is 0 Å². The standard InChI is InChI=1S/C16H19N3O2S/c1-10-15(22-9-18-10)11-4-5-12(14(20)7-11)8-19-6-2-3-13(19)16(17)21/h4-5,7,9,13,20H,2-3,6,8H2,1H3,(H2,17,21). The van der Waals surface area contributed by atoms with Crippen LogP contribution in [0, 0.1) is 6.92 Å². The van der Waals surface area contributed by atoms with Crippen LogP contribution in [0.4, 0.5) is 0 Å². The number of hydrogen-bond donors (Lipinski definition) is 2. The molecule has 0 bridgehead atoms. The van der Waals surface area contributed by atoms with E-state index in [1.54, 1.807) is 22.9 Å². The Morgan fingerprint density at radius 1 is 1.55 bits per heavy atom. The van der Waals surface area contributed by atoms with Gasteiger partial charge in [-0.25, -0.2) is 4.98 Å². The summed E-state index contributed by atoms with van der Waals surface area (Å²) >= 11 is 1.56. The van der Waals surface area contributed by atoms with Crippen LogP contribution in [-0.4, -0.2) is 33.5 Å². The molecule has 1 aliphatic rings. The predicted octanol–water partition coefficient (Wildman–Crippen LogP) is 2.27. The van der Waals surface area contributed by atoms with Crippen LogP contribution >= 0.6 is 11.3 Å². The monoisotopic (exact) mass is 317 g/mol. The minimum atomic E-state index is -0.283. The summed E-state index contributed by atoms with van der Waals surface area (Å²) in [5.74, 6) is -0.0330. The van der Waals surface area contributed by atoms with E-state index in [1.807, 2.05) is 24.0 Å². The van der Waals surface area contributed by atoms with Crippen molar-refractivity contribution in [3.8, 4) is 16.2 Å². The van der Waals surface area contributed by atoms with Crippen LogP contribution in [0.1, 0.15) is 24.1 Å². The van der Waals surface area contributed by atoms with E-state index in [0.717, 1.165) is 41.1 Å². The zero-order valence-electron chi connectivity index (χ0n) is 12.5. The van der Waals surface area contributed by atoms with Crippen molar-refractivity contribution in [3.63, 3.8) is 0 Å². The second-order valence-corrected chi connectivity index (χ2v) is 6.50. The van der Waals surface area contributed by atoms with Crippen LogP contribution in [0.3, 0.4) is 0 Å². The van der Waals surface area contributed by atoms with Crippen LogP contribution in [0.2, 0.25) is 0 Å². The average molecular weight is 317 g/mol. The number of nitrogens with two attached hydrogens (primary N) is 1. The first-order valence-corrected chi connectivity index (χ1v) is 8.20. The molecule has 2 aromatic rings. The molecule has 0 spiro atoms. The third kappa shape index (κ3) is 2.84. The van der Waals surface area contributed by atoms with Gasteiger partial charge in [0.15, 0.2) is 0 Å². The number of amides is 1. The van der Waals surface area contributed by atoms with E-state index in [2.05, 4.69) is 4.98 Å². The number of primary amides is 1. The molecule has 0 saturated carbocycles. The molecule has 5 nitrogen and oxygen atoms in total. The summed E-state index contributed by atoms with van der Waals surface area (Å²) in [4.78, 5) is 18.8. The summed E-state index contributed by atoms with van der Waals surface area (Å²) in [5.41, 5.74) is 9.99. The fourth-order valence-corrected chi connectivity index (χ4v) is 3.78. The molecule has 3 rings (SSSR count). The number of thiazole rings is 1. The Morgan fingerprint density at radius 2 is 2.36 bits per heavy atom. The maximum atomic E-state index is 11.4. The SMILES string of the molecule is Cc1ncsc1-c1ccc(CN2CCCC2C(N)=O)c(O)c1. The average Bonchev–Trinajstić information content (AvgIpc) is 3.10. The third-order valence-electron chi connectivity index (χ3n) is 4.16. The van der Waals surface area contributed by atoms with Gasteiger partial charge in [0.25, 0.3) is 0 Å². The number of aromatic hydroxyl groups is 1. The third-order valence-corrected chi connectivity index (χ3v) is 5.14. The molecule has 116 valence electrons. The minimum absolute atomic E-state index is 0.220. The van der Waals surface area contributed by atoms with Crippen molar-refractivity contribution in [2.45, 2.75) is 32.4 Å². The number of likely N-dealkylation sites (tertiary alicyclic amines) is 1. The molecule has 1 fully saturated rings. The maximum Gasteiger partial charge on any atom is 0.234 e. The number of phenolic OH excluding ortho intramolecular Hbond substituents is 1. The van der Waals surface area contributed by atoms with Gasteiger partial charge in [-0.1, -0.05) is 12.1 Å². The molecule has 3 N–H and O–H groups in total. The fourth-order valence-electron chi connectivity index (χ4n) is 2.97. The highest BCUT2D eigenvalue weighted by molar-refractivity contribution is 7.13. The van der Waals surface area contributed by atoms with Crippen LogP contribution < -0.4 is 5.73 Å². The molecular formula is C16H19N3O2S. The van der Waals surface area contributed by atoms with Crippen LogP contribution in [0.15, 0.2) is 23.7 Å². The summed E-state index contributed by atoms with van der Waals surface area (Å²) in [6.45, 7) is 3.34. The smallest absolute Gasteiger partial charge is 0.234 e. The summed E-state index contributed by atoms with van der Waals surface area (Å²) in [6.07, 6.45) is 1.76. The van der Waals surface area contributed by atoms with Crippen molar-refractivity contribution in [2.75, 3.05) is 6.54 Å². The Hall–Kier alpha value is -1.92. The van der Waals surface area contributed by atoms with Crippen LogP contribution in [-0.2, 0) is 11.3 Å². The number of hydrogen-bond acceptors (Lipinski definition) is 5. The molecule has 1 aliphatic heterocycles. The summed E-state index contributed by atoms with van der Waals surface area (Å²) in [7, 11) is 0. The molecule has 2 heterocycles. The van der Waals surface area contributed by atoms with Gasteiger partial charge in [-0.05, 0) is 37.9 Å². The van der Waals surface area contributed by atoms with Gasteiger partial charge in [0.2, 0.25) is 5.91 Å². The van der Waals surface area contributed by atoms with Gasteiger partial charge in [0.05, 0.1) is 22.1 Å². The number of nitrogens with zero attached hydrogens (tertiary/aromatic N) is 2. The second-order valence-electron chi connectivity index (χ2n) is 5.64. The predicted molar refractivity (Wildman–Crippen MR) is 86.6 cm³/mol. The normalized spacial score (nSPS) is 18.7. The summed E-state index contributed by atoms with van der Waals surface area (Å²) < 4.78 is 0. The lowest BCUT2D eigenvalue weighted by Crippen LogP contribution is -2.39.